The first kappa shape index (κ1) is 9.57. The van der Waals surface area contributed by atoms with Crippen molar-refractivity contribution in [1.82, 2.24) is 0 Å². The first-order chi connectivity index (χ1) is 5.83. The fraction of sp³-hybridized carbons (Fsp3) is 0.571. The molecular formula is C7H12N2O2S. The molecule has 12 heavy (non-hydrogen) atoms. The monoisotopic (exact) mass is 188 g/mol. The molecule has 1 rings (SSSR count). The van der Waals surface area contributed by atoms with Crippen LogP contribution in [0.2, 0.25) is 0 Å². The van der Waals surface area contributed by atoms with Gasteiger partial charge in [-0.1, -0.05) is 0 Å². The molecule has 2 N–H and O–H groups in total. The van der Waals surface area contributed by atoms with Gasteiger partial charge in [-0.15, -0.1) is 0 Å². The third-order valence-electron chi connectivity index (χ3n) is 1.40. The topological polar surface area (TPSA) is 56.8 Å². The van der Waals surface area contributed by atoms with Gasteiger partial charge in [0, 0.05) is 18.7 Å². The summed E-state index contributed by atoms with van der Waals surface area (Å²) in [5.74, 6) is 0.801. The Morgan fingerprint density at radius 2 is 2.50 bits per heavy atom. The minimum Gasteiger partial charge on any atom is -0.494 e. The zero-order valence-electron chi connectivity index (χ0n) is 6.64. The maximum Gasteiger partial charge on any atom is 0.116 e. The van der Waals surface area contributed by atoms with Crippen molar-refractivity contribution < 1.29 is 8.92 Å². The molecule has 1 atom stereocenters. The van der Waals surface area contributed by atoms with E-state index in [0.29, 0.717) is 19.6 Å². The van der Waals surface area contributed by atoms with Gasteiger partial charge in [0.2, 0.25) is 0 Å². The Kier molecular flexibility index (Phi) is 4.13. The molecule has 1 unspecified atom stereocenters. The van der Waals surface area contributed by atoms with Crippen molar-refractivity contribution in [2.24, 2.45) is 10.7 Å². The summed E-state index contributed by atoms with van der Waals surface area (Å²) in [4.78, 5) is 3.92. The summed E-state index contributed by atoms with van der Waals surface area (Å²) in [6, 6.07) is -0.0260. The molecule has 0 aromatic rings. The molecule has 0 amide bonds. The summed E-state index contributed by atoms with van der Waals surface area (Å²) in [6.07, 6.45) is 4.07. The van der Waals surface area contributed by atoms with Gasteiger partial charge in [-0.3, -0.25) is 4.99 Å². The predicted molar refractivity (Wildman–Crippen MR) is 50.1 cm³/mol. The Morgan fingerprint density at radius 3 is 3.17 bits per heavy atom. The SMILES string of the molecule is NC1C=NC=C(OCCOS)C1. The van der Waals surface area contributed by atoms with E-state index in [4.69, 9.17) is 10.5 Å². The number of hydrogen-bond acceptors (Lipinski definition) is 5. The van der Waals surface area contributed by atoms with Crippen molar-refractivity contribution in [2.75, 3.05) is 13.2 Å². The van der Waals surface area contributed by atoms with E-state index >= 15 is 0 Å². The second-order valence-corrected chi connectivity index (χ2v) is 2.70. The number of nitrogens with two attached hydrogens (primary N) is 1. The predicted octanol–water partition coefficient (Wildman–Crippen LogP) is 0.508. The summed E-state index contributed by atoms with van der Waals surface area (Å²) in [5.41, 5.74) is 5.61. The van der Waals surface area contributed by atoms with Crippen LogP contribution in [0.1, 0.15) is 6.42 Å². The second-order valence-electron chi connectivity index (χ2n) is 2.44. The molecule has 0 radical (unpaired) electrons. The Balaban J connectivity index is 2.23. The van der Waals surface area contributed by atoms with E-state index in [0.717, 1.165) is 5.76 Å². The molecule has 0 spiro atoms. The lowest BCUT2D eigenvalue weighted by atomic mass is 10.2. The van der Waals surface area contributed by atoms with Crippen LogP contribution in [-0.2, 0) is 8.92 Å². The molecule has 1 heterocycles. The zero-order valence-corrected chi connectivity index (χ0v) is 7.54. The van der Waals surface area contributed by atoms with E-state index < -0.39 is 0 Å². The summed E-state index contributed by atoms with van der Waals surface area (Å²) in [7, 11) is 0. The van der Waals surface area contributed by atoms with Gasteiger partial charge in [-0.2, -0.15) is 0 Å². The first-order valence-electron chi connectivity index (χ1n) is 3.70. The van der Waals surface area contributed by atoms with Crippen LogP contribution in [0.3, 0.4) is 0 Å². The molecule has 0 aromatic heterocycles. The second kappa shape index (κ2) is 5.18. The van der Waals surface area contributed by atoms with Crippen molar-refractivity contribution in [1.29, 1.82) is 0 Å². The Labute approximate surface area is 77.1 Å². The largest absolute Gasteiger partial charge is 0.494 e. The van der Waals surface area contributed by atoms with Crippen molar-refractivity contribution in [3.63, 3.8) is 0 Å². The highest BCUT2D eigenvalue weighted by molar-refractivity contribution is 7.75. The lowest BCUT2D eigenvalue weighted by Gasteiger charge is -2.14. The van der Waals surface area contributed by atoms with Crippen LogP contribution in [0.4, 0.5) is 0 Å². The van der Waals surface area contributed by atoms with E-state index in [1.165, 1.54) is 0 Å². The number of nitrogens with zero attached hydrogens (tertiary/aromatic N) is 1. The lowest BCUT2D eigenvalue weighted by Crippen LogP contribution is -2.24. The Morgan fingerprint density at radius 1 is 1.67 bits per heavy atom. The van der Waals surface area contributed by atoms with Crippen molar-refractivity contribution in [3.05, 3.63) is 12.0 Å². The summed E-state index contributed by atoms with van der Waals surface area (Å²) in [5, 5.41) is 0. The normalized spacial score (nSPS) is 22.2. The van der Waals surface area contributed by atoms with Gasteiger partial charge < -0.3 is 14.7 Å². The molecule has 0 saturated carbocycles. The van der Waals surface area contributed by atoms with E-state index in [9.17, 15) is 0 Å². The van der Waals surface area contributed by atoms with Crippen LogP contribution in [-0.4, -0.2) is 25.5 Å². The number of thiol groups is 1. The number of hydrogen-bond donors (Lipinski definition) is 2. The van der Waals surface area contributed by atoms with Crippen LogP contribution in [0.25, 0.3) is 0 Å². The van der Waals surface area contributed by atoms with Crippen molar-refractivity contribution in [2.45, 2.75) is 12.5 Å². The van der Waals surface area contributed by atoms with Gasteiger partial charge in [0.05, 0.1) is 12.8 Å². The zero-order chi connectivity index (χ0) is 8.81. The van der Waals surface area contributed by atoms with Crippen LogP contribution in [0.5, 0.6) is 0 Å². The fourth-order valence-electron chi connectivity index (χ4n) is 0.881. The number of ether oxygens (including phenoxy) is 1. The molecule has 68 valence electrons. The number of aliphatic imine (C=N–C) groups is 1. The number of rotatable bonds is 4. The molecule has 0 bridgehead atoms. The Bertz CT molecular complexity index is 194. The minimum absolute atomic E-state index is 0.0260. The lowest BCUT2D eigenvalue weighted by molar-refractivity contribution is 0.160. The van der Waals surface area contributed by atoms with Gasteiger partial charge >= 0.3 is 0 Å². The van der Waals surface area contributed by atoms with E-state index in [2.05, 4.69) is 22.1 Å². The molecule has 1 aliphatic heterocycles. The van der Waals surface area contributed by atoms with Gasteiger partial charge in [-0.25, -0.2) is 0 Å². The summed E-state index contributed by atoms with van der Waals surface area (Å²) >= 11 is 3.58. The van der Waals surface area contributed by atoms with Gasteiger partial charge in [-0.05, 0) is 12.9 Å². The molecule has 0 aromatic carbocycles. The van der Waals surface area contributed by atoms with E-state index in [1.54, 1.807) is 12.4 Å². The smallest absolute Gasteiger partial charge is 0.116 e. The molecule has 1 aliphatic rings. The van der Waals surface area contributed by atoms with Crippen LogP contribution in [0.15, 0.2) is 17.0 Å². The minimum atomic E-state index is -0.0260. The van der Waals surface area contributed by atoms with E-state index in [1.807, 2.05) is 0 Å². The third-order valence-corrected chi connectivity index (χ3v) is 1.58. The highest BCUT2D eigenvalue weighted by Crippen LogP contribution is 2.09. The van der Waals surface area contributed by atoms with E-state index in [-0.39, 0.29) is 6.04 Å². The van der Waals surface area contributed by atoms with Crippen molar-refractivity contribution >= 4 is 19.1 Å². The van der Waals surface area contributed by atoms with Gasteiger partial charge in [0.25, 0.3) is 0 Å². The van der Waals surface area contributed by atoms with Gasteiger partial charge in [0.15, 0.2) is 0 Å². The van der Waals surface area contributed by atoms with Crippen molar-refractivity contribution in [3.8, 4) is 0 Å². The maximum atomic E-state index is 5.61. The third kappa shape index (κ3) is 3.25. The maximum absolute atomic E-state index is 5.61. The van der Waals surface area contributed by atoms with Gasteiger partial charge in [0.1, 0.15) is 12.4 Å². The standard InChI is InChI=1S/C7H12N2O2S/c8-6-3-7(5-9-4-6)10-1-2-11-12/h4-6,12H,1-3,8H2. The highest BCUT2D eigenvalue weighted by Gasteiger charge is 2.08. The fourth-order valence-corrected chi connectivity index (χ4v) is 0.955. The average Bonchev–Trinajstić information content (AvgIpc) is 2.05. The quantitative estimate of drug-likeness (QED) is 0.384. The molecular weight excluding hydrogens is 176 g/mol. The van der Waals surface area contributed by atoms with Crippen LogP contribution < -0.4 is 5.73 Å². The summed E-state index contributed by atoms with van der Waals surface area (Å²) in [6.45, 7) is 0.941. The molecule has 0 fully saturated rings. The molecule has 4 nitrogen and oxygen atoms in total. The average molecular weight is 188 g/mol. The molecule has 0 aliphatic carbocycles. The molecule has 5 heteroatoms. The summed E-state index contributed by atoms with van der Waals surface area (Å²) < 4.78 is 9.82. The first-order valence-corrected chi connectivity index (χ1v) is 4.06. The molecule has 0 saturated heterocycles. The van der Waals surface area contributed by atoms with Crippen LogP contribution >= 0.6 is 12.9 Å². The highest BCUT2D eigenvalue weighted by atomic mass is 32.1. The van der Waals surface area contributed by atoms with Crippen LogP contribution in [0, 0.1) is 0 Å². The Hall–Kier alpha value is -0.520.